The van der Waals surface area contributed by atoms with Crippen LogP contribution in [-0.4, -0.2) is 109 Å². The lowest BCUT2D eigenvalue weighted by Gasteiger charge is -2.48. The van der Waals surface area contributed by atoms with E-state index in [9.17, 15) is 19.2 Å². The Morgan fingerprint density at radius 3 is 2.67 bits per heavy atom. The standard InChI is InChI=1S/C40H40F2N10O5/c41-29-12-24-17-50(32-4-5-35(53)46-38(32)55)39(56)27(24)14-33(29)49-21-40(42,22-49)20-48-10-6-26(7-11-48)52-18-25-13-31(34(15-30(25)47-52)57-19-23-2-3-23)45-37(54)28-16-44-51-9-1-8-43-36(28)51/h1,8-9,12-16,18,23,26,32H,2-7,10-11,17,19-22H2,(H,45,54)(H,46,53,55). The van der Waals surface area contributed by atoms with Crippen LogP contribution in [0.3, 0.4) is 0 Å². The van der Waals surface area contributed by atoms with E-state index in [2.05, 4.69) is 25.6 Å². The van der Waals surface area contributed by atoms with E-state index in [1.54, 1.807) is 27.9 Å². The molecule has 1 saturated carbocycles. The summed E-state index contributed by atoms with van der Waals surface area (Å²) in [6.07, 6.45) is 10.9. The minimum Gasteiger partial charge on any atom is -0.491 e. The van der Waals surface area contributed by atoms with Crippen molar-refractivity contribution in [1.82, 2.24) is 39.5 Å². The molecule has 17 heteroatoms. The number of rotatable bonds is 10. The summed E-state index contributed by atoms with van der Waals surface area (Å²) in [6, 6.07) is 7.57. The number of hydrogen-bond donors (Lipinski definition) is 2. The Morgan fingerprint density at radius 2 is 1.88 bits per heavy atom. The van der Waals surface area contributed by atoms with Crippen LogP contribution in [0.1, 0.15) is 70.8 Å². The summed E-state index contributed by atoms with van der Waals surface area (Å²) >= 11 is 0. The number of aromatic nitrogens is 5. The highest BCUT2D eigenvalue weighted by Gasteiger charge is 2.47. The molecule has 1 atom stereocenters. The SMILES string of the molecule is O=C1CCC(N2Cc3cc(F)c(N4CC(F)(CN5CCC(n6cc7cc(NC(=O)c8cnn9cccnc89)c(OCC8CC8)cc7n6)CC5)C4)cc3C2=O)C(=O)N1. The number of likely N-dealkylation sites (tertiary alicyclic amines) is 1. The summed E-state index contributed by atoms with van der Waals surface area (Å²) in [5.41, 5.74) is 1.49. The molecule has 3 aromatic heterocycles. The molecule has 2 N–H and O–H groups in total. The highest BCUT2D eigenvalue weighted by atomic mass is 19.1. The third-order valence-corrected chi connectivity index (χ3v) is 11.9. The summed E-state index contributed by atoms with van der Waals surface area (Å²) in [7, 11) is 0. The number of carbonyl (C=O) groups excluding carboxylic acids is 4. The van der Waals surface area contributed by atoms with Gasteiger partial charge in [0.2, 0.25) is 11.8 Å². The second-order valence-corrected chi connectivity index (χ2v) is 16.0. The molecule has 0 spiro atoms. The number of benzene rings is 2. The molecule has 0 bridgehead atoms. The van der Waals surface area contributed by atoms with Gasteiger partial charge in [0.15, 0.2) is 11.3 Å². The van der Waals surface area contributed by atoms with Crippen molar-refractivity contribution in [1.29, 1.82) is 0 Å². The van der Waals surface area contributed by atoms with Crippen LogP contribution < -0.4 is 20.3 Å². The second-order valence-electron chi connectivity index (χ2n) is 16.0. The van der Waals surface area contributed by atoms with Gasteiger partial charge in [-0.1, -0.05) is 0 Å². The monoisotopic (exact) mass is 778 g/mol. The lowest BCUT2D eigenvalue weighted by molar-refractivity contribution is -0.136. The quantitative estimate of drug-likeness (QED) is 0.199. The molecule has 57 heavy (non-hydrogen) atoms. The maximum Gasteiger partial charge on any atom is 0.261 e. The first kappa shape index (κ1) is 35.4. The average Bonchev–Trinajstić information content (AvgIpc) is 3.62. The minimum absolute atomic E-state index is 0.00381. The molecule has 5 aromatic rings. The van der Waals surface area contributed by atoms with E-state index >= 15 is 8.78 Å². The number of imide groups is 1. The van der Waals surface area contributed by atoms with E-state index in [-0.39, 0.29) is 62.6 Å². The average molecular weight is 779 g/mol. The Bertz CT molecular complexity index is 2470. The van der Waals surface area contributed by atoms with E-state index < -0.39 is 29.3 Å². The lowest BCUT2D eigenvalue weighted by atomic mass is 9.92. The first-order valence-electron chi connectivity index (χ1n) is 19.5. The number of amides is 4. The number of nitrogens with zero attached hydrogens (tertiary/aromatic N) is 8. The number of fused-ring (bicyclic) bond motifs is 3. The molecular formula is C40H40F2N10O5. The topological polar surface area (TPSA) is 159 Å². The number of piperidine rings is 2. The number of halogens is 2. The molecule has 10 rings (SSSR count). The van der Waals surface area contributed by atoms with Gasteiger partial charge in [-0.3, -0.25) is 34.1 Å². The van der Waals surface area contributed by atoms with E-state index in [0.29, 0.717) is 59.4 Å². The lowest BCUT2D eigenvalue weighted by Crippen LogP contribution is -2.64. The molecule has 294 valence electrons. The predicted molar refractivity (Wildman–Crippen MR) is 202 cm³/mol. The Kier molecular flexibility index (Phi) is 8.46. The number of ether oxygens (including phenoxy) is 1. The zero-order valence-electron chi connectivity index (χ0n) is 31.0. The van der Waals surface area contributed by atoms with Crippen LogP contribution in [0.4, 0.5) is 20.2 Å². The highest BCUT2D eigenvalue weighted by molar-refractivity contribution is 6.09. The van der Waals surface area contributed by atoms with Crippen LogP contribution in [0.15, 0.2) is 55.1 Å². The van der Waals surface area contributed by atoms with Gasteiger partial charge in [0.1, 0.15) is 23.2 Å². The van der Waals surface area contributed by atoms with Gasteiger partial charge in [-0.25, -0.2) is 18.3 Å². The maximum absolute atomic E-state index is 16.1. The van der Waals surface area contributed by atoms with Crippen molar-refractivity contribution in [2.45, 2.75) is 62.8 Å². The maximum atomic E-state index is 16.1. The number of anilines is 2. The molecule has 1 aliphatic carbocycles. The molecule has 5 aliphatic rings. The molecule has 15 nitrogen and oxygen atoms in total. The van der Waals surface area contributed by atoms with Gasteiger partial charge >= 0.3 is 0 Å². The number of hydrogen-bond acceptors (Lipinski definition) is 10. The van der Waals surface area contributed by atoms with Crippen LogP contribution in [0, 0.1) is 11.7 Å². The number of carbonyl (C=O) groups is 4. The van der Waals surface area contributed by atoms with Gasteiger partial charge in [0, 0.05) is 68.2 Å². The normalized spacial score (nSPS) is 21.2. The van der Waals surface area contributed by atoms with Crippen LogP contribution >= 0.6 is 0 Å². The Balaban J connectivity index is 0.773. The predicted octanol–water partition coefficient (Wildman–Crippen LogP) is 3.89. The van der Waals surface area contributed by atoms with Gasteiger partial charge in [-0.05, 0) is 67.9 Å². The third-order valence-electron chi connectivity index (χ3n) is 11.9. The van der Waals surface area contributed by atoms with Crippen molar-refractivity contribution < 1.29 is 32.7 Å². The Labute approximate surface area is 324 Å². The van der Waals surface area contributed by atoms with Gasteiger partial charge in [0.25, 0.3) is 11.8 Å². The highest BCUT2D eigenvalue weighted by Crippen LogP contribution is 2.39. The molecule has 4 fully saturated rings. The van der Waals surface area contributed by atoms with Gasteiger partial charge in [-0.2, -0.15) is 10.2 Å². The van der Waals surface area contributed by atoms with Crippen LogP contribution in [0.2, 0.25) is 0 Å². The largest absolute Gasteiger partial charge is 0.491 e. The van der Waals surface area contributed by atoms with Crippen molar-refractivity contribution >= 4 is 51.6 Å². The minimum atomic E-state index is -1.54. The van der Waals surface area contributed by atoms with E-state index in [4.69, 9.17) is 9.84 Å². The van der Waals surface area contributed by atoms with Crippen LogP contribution in [0.5, 0.6) is 5.75 Å². The zero-order valence-corrected chi connectivity index (χ0v) is 31.0. The molecule has 1 unspecified atom stereocenters. The molecule has 0 radical (unpaired) electrons. The van der Waals surface area contributed by atoms with Crippen molar-refractivity contribution in [2.75, 3.05) is 49.5 Å². The molecule has 2 aromatic carbocycles. The third kappa shape index (κ3) is 6.62. The molecule has 3 saturated heterocycles. The fourth-order valence-corrected chi connectivity index (χ4v) is 8.61. The van der Waals surface area contributed by atoms with Gasteiger partial charge in [0.05, 0.1) is 48.8 Å². The van der Waals surface area contributed by atoms with E-state index in [1.807, 2.05) is 23.0 Å². The van der Waals surface area contributed by atoms with Crippen LogP contribution in [0.25, 0.3) is 16.6 Å². The van der Waals surface area contributed by atoms with Crippen LogP contribution in [-0.2, 0) is 16.1 Å². The summed E-state index contributed by atoms with van der Waals surface area (Å²) in [4.78, 5) is 60.1. The van der Waals surface area contributed by atoms with Crippen molar-refractivity contribution in [3.05, 3.63) is 77.6 Å². The number of nitrogens with one attached hydrogen (secondary N) is 2. The van der Waals surface area contributed by atoms with Crippen molar-refractivity contribution in [3.63, 3.8) is 0 Å². The van der Waals surface area contributed by atoms with E-state index in [0.717, 1.165) is 36.6 Å². The zero-order chi connectivity index (χ0) is 39.0. The van der Waals surface area contributed by atoms with Crippen molar-refractivity contribution in [2.24, 2.45) is 5.92 Å². The molecule has 7 heterocycles. The van der Waals surface area contributed by atoms with Crippen molar-refractivity contribution in [3.8, 4) is 5.75 Å². The van der Waals surface area contributed by atoms with E-state index in [1.165, 1.54) is 23.2 Å². The van der Waals surface area contributed by atoms with Gasteiger partial charge < -0.3 is 19.9 Å². The number of alkyl halides is 1. The summed E-state index contributed by atoms with van der Waals surface area (Å²) in [6.45, 7) is 2.16. The Hall–Kier alpha value is -5.97. The second kappa shape index (κ2) is 13.6. The molecular weight excluding hydrogens is 739 g/mol. The molecule has 4 amide bonds. The van der Waals surface area contributed by atoms with Gasteiger partial charge in [-0.15, -0.1) is 0 Å². The first-order valence-corrected chi connectivity index (χ1v) is 19.5. The first-order chi connectivity index (χ1) is 27.6. The Morgan fingerprint density at radius 1 is 1.05 bits per heavy atom. The molecule has 4 aliphatic heterocycles. The summed E-state index contributed by atoms with van der Waals surface area (Å²) in [5, 5.41) is 15.3. The fourth-order valence-electron chi connectivity index (χ4n) is 8.61. The fraction of sp³-hybridized carbons (Fsp3) is 0.425. The smallest absolute Gasteiger partial charge is 0.261 e. The summed E-state index contributed by atoms with van der Waals surface area (Å²) < 4.78 is 41.1. The summed E-state index contributed by atoms with van der Waals surface area (Å²) in [5.74, 6) is -1.12.